The fourth-order valence-electron chi connectivity index (χ4n) is 3.91. The average molecular weight is 480 g/mol. The molecule has 0 unspecified atom stereocenters. The molecule has 0 amide bonds. The lowest BCUT2D eigenvalue weighted by molar-refractivity contribution is 0.0222. The first kappa shape index (κ1) is 26.5. The molecule has 1 atom stereocenters. The van der Waals surface area contributed by atoms with Crippen LogP contribution in [0.15, 0.2) is 67.3 Å². The highest BCUT2D eigenvalue weighted by Gasteiger charge is 2.23. The van der Waals surface area contributed by atoms with Gasteiger partial charge in [-0.25, -0.2) is 4.68 Å². The number of aliphatic hydroxyl groups is 1. The van der Waals surface area contributed by atoms with E-state index in [1.165, 1.54) is 0 Å². The molecule has 0 fully saturated rings. The van der Waals surface area contributed by atoms with E-state index in [1.807, 2.05) is 66.2 Å². The van der Waals surface area contributed by atoms with Gasteiger partial charge < -0.3 is 19.3 Å². The van der Waals surface area contributed by atoms with Gasteiger partial charge in [0.25, 0.3) is 0 Å². The van der Waals surface area contributed by atoms with Crippen LogP contribution in [-0.2, 0) is 11.3 Å². The predicted molar refractivity (Wildman–Crippen MR) is 139 cm³/mol. The second kappa shape index (κ2) is 13.1. The molecule has 1 heterocycles. The highest BCUT2D eigenvalue weighted by Crippen LogP contribution is 2.32. The van der Waals surface area contributed by atoms with Gasteiger partial charge in [-0.05, 0) is 49.2 Å². The third-order valence-corrected chi connectivity index (χ3v) is 5.43. The first-order valence-electron chi connectivity index (χ1n) is 12.0. The van der Waals surface area contributed by atoms with Crippen molar-refractivity contribution >= 4 is 0 Å². The van der Waals surface area contributed by atoms with Crippen molar-refractivity contribution in [3.8, 4) is 23.1 Å². The van der Waals surface area contributed by atoms with Crippen molar-refractivity contribution < 1.29 is 19.3 Å². The molecule has 0 saturated heterocycles. The number of benzene rings is 2. The Bertz CT molecular complexity index is 1050. The third-order valence-electron chi connectivity index (χ3n) is 5.43. The Morgan fingerprint density at radius 2 is 1.74 bits per heavy atom. The monoisotopic (exact) mass is 479 g/mol. The SMILES string of the molecule is C=CCOC[C@H](O)CN(Cc1c(C)nn(-c2ccccc2)c1Oc1ccc(OC)cc1)CC(C)C. The maximum absolute atomic E-state index is 10.6. The molecule has 0 aliphatic carbocycles. The summed E-state index contributed by atoms with van der Waals surface area (Å²) in [6.07, 6.45) is 1.08. The molecule has 7 nitrogen and oxygen atoms in total. The maximum Gasteiger partial charge on any atom is 0.227 e. The number of rotatable bonds is 14. The Morgan fingerprint density at radius 3 is 2.37 bits per heavy atom. The average Bonchev–Trinajstić information content (AvgIpc) is 3.14. The molecule has 0 radical (unpaired) electrons. The fraction of sp³-hybridized carbons (Fsp3) is 0.393. The predicted octanol–water partition coefficient (Wildman–Crippen LogP) is 5.00. The van der Waals surface area contributed by atoms with Gasteiger partial charge in [-0.2, -0.15) is 5.10 Å². The number of aliphatic hydroxyl groups excluding tert-OH is 1. The molecular formula is C28H37N3O4. The summed E-state index contributed by atoms with van der Waals surface area (Å²) in [5.74, 6) is 2.54. The lowest BCUT2D eigenvalue weighted by atomic mass is 10.1. The molecule has 1 N–H and O–H groups in total. The summed E-state index contributed by atoms with van der Waals surface area (Å²) in [7, 11) is 1.64. The van der Waals surface area contributed by atoms with Gasteiger partial charge in [0.05, 0.1) is 43.4 Å². The molecule has 1 aromatic heterocycles. The second-order valence-electron chi connectivity index (χ2n) is 8.96. The first-order chi connectivity index (χ1) is 16.9. The minimum absolute atomic E-state index is 0.262. The van der Waals surface area contributed by atoms with Crippen molar-refractivity contribution in [3.63, 3.8) is 0 Å². The topological polar surface area (TPSA) is 69.0 Å². The van der Waals surface area contributed by atoms with Crippen LogP contribution < -0.4 is 9.47 Å². The molecule has 7 heteroatoms. The maximum atomic E-state index is 10.6. The van der Waals surface area contributed by atoms with Crippen LogP contribution in [0, 0.1) is 12.8 Å². The van der Waals surface area contributed by atoms with Gasteiger partial charge in [-0.15, -0.1) is 6.58 Å². The molecule has 3 rings (SSSR count). The second-order valence-corrected chi connectivity index (χ2v) is 8.96. The Balaban J connectivity index is 1.93. The molecule has 0 saturated carbocycles. The van der Waals surface area contributed by atoms with Crippen molar-refractivity contribution in [2.45, 2.75) is 33.4 Å². The highest BCUT2D eigenvalue weighted by atomic mass is 16.5. The molecule has 0 aliphatic heterocycles. The zero-order valence-corrected chi connectivity index (χ0v) is 21.2. The van der Waals surface area contributed by atoms with Crippen LogP contribution in [0.3, 0.4) is 0 Å². The van der Waals surface area contributed by atoms with Gasteiger partial charge in [-0.3, -0.25) is 4.90 Å². The summed E-state index contributed by atoms with van der Waals surface area (Å²) in [5, 5.41) is 15.4. The summed E-state index contributed by atoms with van der Waals surface area (Å²) in [4.78, 5) is 2.23. The molecule has 0 spiro atoms. The normalized spacial score (nSPS) is 12.2. The van der Waals surface area contributed by atoms with Gasteiger partial charge in [0.2, 0.25) is 5.88 Å². The van der Waals surface area contributed by atoms with Gasteiger partial charge in [0, 0.05) is 19.6 Å². The van der Waals surface area contributed by atoms with Crippen molar-refractivity contribution in [1.29, 1.82) is 0 Å². The molecule has 0 aliphatic rings. The molecule has 35 heavy (non-hydrogen) atoms. The van der Waals surface area contributed by atoms with Crippen LogP contribution in [0.2, 0.25) is 0 Å². The van der Waals surface area contributed by atoms with E-state index in [2.05, 4.69) is 25.3 Å². The summed E-state index contributed by atoms with van der Waals surface area (Å²) in [5.41, 5.74) is 2.77. The van der Waals surface area contributed by atoms with Crippen molar-refractivity contribution in [2.75, 3.05) is 33.4 Å². The standard InChI is InChI=1S/C28H37N3O4/c1-6-16-34-20-24(32)18-30(17-21(2)3)19-27-22(4)29-31(23-10-8-7-9-11-23)28(27)35-26-14-12-25(33-5)13-15-26/h6-15,21,24,32H,1,16-20H2,2-5H3/t24-/m1/s1. The number of aryl methyl sites for hydroxylation is 1. The number of para-hydroxylation sites is 1. The summed E-state index contributed by atoms with van der Waals surface area (Å²) >= 11 is 0. The molecule has 188 valence electrons. The van der Waals surface area contributed by atoms with Crippen LogP contribution in [0.5, 0.6) is 17.4 Å². The zero-order valence-electron chi connectivity index (χ0n) is 21.2. The van der Waals surface area contributed by atoms with E-state index in [1.54, 1.807) is 13.2 Å². The van der Waals surface area contributed by atoms with Gasteiger partial charge in [0.1, 0.15) is 11.5 Å². The molecule has 0 bridgehead atoms. The largest absolute Gasteiger partial charge is 0.497 e. The minimum Gasteiger partial charge on any atom is -0.497 e. The van der Waals surface area contributed by atoms with Gasteiger partial charge in [-0.1, -0.05) is 38.1 Å². The van der Waals surface area contributed by atoms with Crippen LogP contribution in [0.1, 0.15) is 25.1 Å². The lowest BCUT2D eigenvalue weighted by Crippen LogP contribution is -2.37. The number of hydrogen-bond acceptors (Lipinski definition) is 6. The van der Waals surface area contributed by atoms with E-state index in [9.17, 15) is 5.11 Å². The quantitative estimate of drug-likeness (QED) is 0.259. The number of methoxy groups -OCH3 is 1. The van der Waals surface area contributed by atoms with E-state index in [0.29, 0.717) is 37.2 Å². The number of ether oxygens (including phenoxy) is 3. The summed E-state index contributed by atoms with van der Waals surface area (Å²) in [6.45, 7) is 12.6. The number of aromatic nitrogens is 2. The lowest BCUT2D eigenvalue weighted by Gasteiger charge is -2.27. The summed E-state index contributed by atoms with van der Waals surface area (Å²) in [6, 6.07) is 17.4. The minimum atomic E-state index is -0.607. The van der Waals surface area contributed by atoms with Gasteiger partial charge >= 0.3 is 0 Å². The smallest absolute Gasteiger partial charge is 0.227 e. The zero-order chi connectivity index (χ0) is 25.2. The van der Waals surface area contributed by atoms with E-state index in [4.69, 9.17) is 19.3 Å². The van der Waals surface area contributed by atoms with Crippen LogP contribution in [0.25, 0.3) is 5.69 Å². The van der Waals surface area contributed by atoms with Crippen molar-refractivity contribution in [2.24, 2.45) is 5.92 Å². The van der Waals surface area contributed by atoms with E-state index < -0.39 is 6.10 Å². The van der Waals surface area contributed by atoms with Crippen LogP contribution in [0.4, 0.5) is 0 Å². The molecular weight excluding hydrogens is 442 g/mol. The Labute approximate surface area is 208 Å². The highest BCUT2D eigenvalue weighted by molar-refractivity contribution is 5.44. The van der Waals surface area contributed by atoms with Crippen molar-refractivity contribution in [3.05, 3.63) is 78.5 Å². The van der Waals surface area contributed by atoms with E-state index in [0.717, 1.165) is 29.2 Å². The van der Waals surface area contributed by atoms with Crippen LogP contribution in [-0.4, -0.2) is 59.3 Å². The van der Waals surface area contributed by atoms with Gasteiger partial charge in [0.15, 0.2) is 0 Å². The van der Waals surface area contributed by atoms with Crippen LogP contribution >= 0.6 is 0 Å². The van der Waals surface area contributed by atoms with E-state index in [-0.39, 0.29) is 6.61 Å². The molecule has 3 aromatic rings. The Hall–Kier alpha value is -3.13. The Morgan fingerprint density at radius 1 is 1.06 bits per heavy atom. The Kier molecular flexibility index (Phi) is 9.90. The van der Waals surface area contributed by atoms with Crippen molar-refractivity contribution in [1.82, 2.24) is 14.7 Å². The molecule has 2 aromatic carbocycles. The first-order valence-corrected chi connectivity index (χ1v) is 12.0. The van der Waals surface area contributed by atoms with E-state index >= 15 is 0 Å². The fourth-order valence-corrected chi connectivity index (χ4v) is 3.91. The number of hydrogen-bond donors (Lipinski definition) is 1. The third kappa shape index (κ3) is 7.68. The number of nitrogens with zero attached hydrogens (tertiary/aromatic N) is 3. The summed E-state index contributed by atoms with van der Waals surface area (Å²) < 4.78 is 19.0.